The smallest absolute Gasteiger partial charge is 0.259 e. The highest BCUT2D eigenvalue weighted by Gasteiger charge is 2.28. The van der Waals surface area contributed by atoms with Crippen molar-refractivity contribution in [3.63, 3.8) is 0 Å². The zero-order valence-corrected chi connectivity index (χ0v) is 13.7. The Hall–Kier alpha value is -2.70. The largest absolute Gasteiger partial charge is 0.336 e. The van der Waals surface area contributed by atoms with Crippen LogP contribution in [0.5, 0.6) is 0 Å². The molecule has 24 heavy (non-hydrogen) atoms. The molecular formula is C17H20N6O. The van der Waals surface area contributed by atoms with Crippen molar-refractivity contribution in [1.82, 2.24) is 29.0 Å². The molecule has 0 saturated carbocycles. The lowest BCUT2D eigenvalue weighted by atomic mass is 10.0. The number of hydrogen-bond acceptors (Lipinski definition) is 4. The fourth-order valence-corrected chi connectivity index (χ4v) is 3.46. The molecule has 0 aromatic carbocycles. The maximum atomic E-state index is 13.0. The monoisotopic (exact) mass is 324 g/mol. The first-order valence-electron chi connectivity index (χ1n) is 8.37. The van der Waals surface area contributed by atoms with Gasteiger partial charge < -0.3 is 9.47 Å². The van der Waals surface area contributed by atoms with Crippen molar-refractivity contribution >= 4 is 11.6 Å². The van der Waals surface area contributed by atoms with E-state index < -0.39 is 0 Å². The van der Waals surface area contributed by atoms with Crippen molar-refractivity contribution in [2.75, 3.05) is 13.1 Å². The van der Waals surface area contributed by atoms with Gasteiger partial charge >= 0.3 is 0 Å². The summed E-state index contributed by atoms with van der Waals surface area (Å²) in [5.74, 6) is 1.08. The zero-order valence-electron chi connectivity index (χ0n) is 13.7. The van der Waals surface area contributed by atoms with E-state index in [0.29, 0.717) is 17.8 Å². The van der Waals surface area contributed by atoms with Crippen LogP contribution in [0, 0.1) is 0 Å². The van der Waals surface area contributed by atoms with Crippen LogP contribution in [0.4, 0.5) is 0 Å². The minimum Gasteiger partial charge on any atom is -0.336 e. The van der Waals surface area contributed by atoms with Crippen LogP contribution in [-0.4, -0.2) is 48.0 Å². The molecule has 1 atom stereocenters. The van der Waals surface area contributed by atoms with Gasteiger partial charge in [-0.1, -0.05) is 6.92 Å². The van der Waals surface area contributed by atoms with Gasteiger partial charge in [-0.15, -0.1) is 0 Å². The molecule has 0 radical (unpaired) electrons. The van der Waals surface area contributed by atoms with Crippen molar-refractivity contribution in [1.29, 1.82) is 0 Å². The van der Waals surface area contributed by atoms with E-state index in [0.717, 1.165) is 31.6 Å². The standard InChI is InChI=1S/C17H20N6O/c1-2-15-18-7-10-22(15)13-5-3-8-21(12-13)17(24)14-11-20-23-9-4-6-19-16(14)23/h4,6-7,9-11,13H,2-3,5,8,12H2,1H3/t13-/m0/s1. The molecule has 124 valence electrons. The fourth-order valence-electron chi connectivity index (χ4n) is 3.46. The molecule has 0 unspecified atom stereocenters. The topological polar surface area (TPSA) is 68.3 Å². The first-order chi connectivity index (χ1) is 11.8. The second kappa shape index (κ2) is 6.07. The van der Waals surface area contributed by atoms with Gasteiger partial charge in [0.1, 0.15) is 11.4 Å². The summed E-state index contributed by atoms with van der Waals surface area (Å²) < 4.78 is 3.85. The number of rotatable bonds is 3. The highest BCUT2D eigenvalue weighted by Crippen LogP contribution is 2.24. The number of imidazole rings is 1. The van der Waals surface area contributed by atoms with Gasteiger partial charge in [-0.3, -0.25) is 4.79 Å². The summed E-state index contributed by atoms with van der Waals surface area (Å²) in [5.41, 5.74) is 1.18. The number of hydrogen-bond donors (Lipinski definition) is 0. The van der Waals surface area contributed by atoms with Gasteiger partial charge in [0.2, 0.25) is 0 Å². The predicted octanol–water partition coefficient (Wildman–Crippen LogP) is 1.97. The van der Waals surface area contributed by atoms with E-state index in [1.807, 2.05) is 17.3 Å². The number of carbonyl (C=O) groups excluding carboxylic acids is 1. The van der Waals surface area contributed by atoms with E-state index >= 15 is 0 Å². The Balaban J connectivity index is 1.59. The molecule has 0 aliphatic carbocycles. The number of aryl methyl sites for hydroxylation is 1. The van der Waals surface area contributed by atoms with E-state index in [2.05, 4.69) is 26.6 Å². The highest BCUT2D eigenvalue weighted by molar-refractivity contribution is 5.99. The lowest BCUT2D eigenvalue weighted by Gasteiger charge is -2.34. The van der Waals surface area contributed by atoms with Gasteiger partial charge in [0.05, 0.1) is 12.2 Å². The molecule has 0 spiro atoms. The summed E-state index contributed by atoms with van der Waals surface area (Å²) in [4.78, 5) is 23.6. The lowest BCUT2D eigenvalue weighted by Crippen LogP contribution is -2.41. The highest BCUT2D eigenvalue weighted by atomic mass is 16.2. The van der Waals surface area contributed by atoms with E-state index in [1.54, 1.807) is 29.2 Å². The maximum Gasteiger partial charge on any atom is 0.259 e. The minimum atomic E-state index is 0.00608. The van der Waals surface area contributed by atoms with Crippen LogP contribution in [-0.2, 0) is 6.42 Å². The lowest BCUT2D eigenvalue weighted by molar-refractivity contribution is 0.0679. The van der Waals surface area contributed by atoms with Gasteiger partial charge in [-0.2, -0.15) is 5.10 Å². The first kappa shape index (κ1) is 14.9. The van der Waals surface area contributed by atoms with Crippen LogP contribution in [0.2, 0.25) is 0 Å². The average Bonchev–Trinajstić information content (AvgIpc) is 3.28. The van der Waals surface area contributed by atoms with Gasteiger partial charge in [0.25, 0.3) is 5.91 Å². The van der Waals surface area contributed by atoms with Crippen LogP contribution in [0.3, 0.4) is 0 Å². The zero-order chi connectivity index (χ0) is 16.5. The molecule has 3 aromatic rings. The van der Waals surface area contributed by atoms with Crippen molar-refractivity contribution in [2.45, 2.75) is 32.2 Å². The molecule has 1 amide bonds. The van der Waals surface area contributed by atoms with E-state index in [1.165, 1.54) is 0 Å². The molecular weight excluding hydrogens is 304 g/mol. The molecule has 0 bridgehead atoms. The van der Waals surface area contributed by atoms with Crippen LogP contribution < -0.4 is 0 Å². The Labute approximate surface area is 139 Å². The Morgan fingerprint density at radius 2 is 2.21 bits per heavy atom. The third-order valence-corrected chi connectivity index (χ3v) is 4.65. The Kier molecular flexibility index (Phi) is 3.76. The number of amides is 1. The summed E-state index contributed by atoms with van der Waals surface area (Å²) in [7, 11) is 0. The first-order valence-corrected chi connectivity index (χ1v) is 8.37. The van der Waals surface area contributed by atoms with Gasteiger partial charge in [-0.25, -0.2) is 14.5 Å². The average molecular weight is 324 g/mol. The van der Waals surface area contributed by atoms with Gasteiger partial charge in [0.15, 0.2) is 5.65 Å². The summed E-state index contributed by atoms with van der Waals surface area (Å²) in [6.07, 6.45) is 11.9. The van der Waals surface area contributed by atoms with Gasteiger partial charge in [-0.05, 0) is 18.9 Å². The molecule has 4 rings (SSSR count). The van der Waals surface area contributed by atoms with E-state index in [4.69, 9.17) is 0 Å². The molecule has 7 heteroatoms. The third-order valence-electron chi connectivity index (χ3n) is 4.65. The maximum absolute atomic E-state index is 13.0. The summed E-state index contributed by atoms with van der Waals surface area (Å²) >= 11 is 0. The van der Waals surface area contributed by atoms with Crippen LogP contribution in [0.25, 0.3) is 5.65 Å². The van der Waals surface area contributed by atoms with E-state index in [-0.39, 0.29) is 11.9 Å². The van der Waals surface area contributed by atoms with Crippen molar-refractivity contribution in [3.05, 3.63) is 48.4 Å². The number of aromatic nitrogens is 5. The molecule has 7 nitrogen and oxygen atoms in total. The molecule has 1 aliphatic rings. The number of fused-ring (bicyclic) bond motifs is 1. The van der Waals surface area contributed by atoms with Crippen LogP contribution >= 0.6 is 0 Å². The van der Waals surface area contributed by atoms with Crippen molar-refractivity contribution in [2.24, 2.45) is 0 Å². The Bertz CT molecular complexity index is 867. The molecule has 1 saturated heterocycles. The Morgan fingerprint density at radius 3 is 3.08 bits per heavy atom. The van der Waals surface area contributed by atoms with Crippen LogP contribution in [0.15, 0.2) is 37.1 Å². The van der Waals surface area contributed by atoms with Crippen molar-refractivity contribution in [3.8, 4) is 0 Å². The van der Waals surface area contributed by atoms with Crippen LogP contribution in [0.1, 0.15) is 42.0 Å². The quantitative estimate of drug-likeness (QED) is 0.738. The third kappa shape index (κ3) is 2.46. The minimum absolute atomic E-state index is 0.00608. The van der Waals surface area contributed by atoms with Crippen molar-refractivity contribution < 1.29 is 4.79 Å². The van der Waals surface area contributed by atoms with Gasteiger partial charge in [0, 0.05) is 44.3 Å². The number of piperidine rings is 1. The predicted molar refractivity (Wildman–Crippen MR) is 88.8 cm³/mol. The number of likely N-dealkylation sites (tertiary alicyclic amines) is 1. The molecule has 1 aliphatic heterocycles. The SMILES string of the molecule is CCc1nccn1[C@H]1CCCN(C(=O)c2cnn3cccnc23)C1. The summed E-state index contributed by atoms with van der Waals surface area (Å²) in [6.45, 7) is 3.58. The second-order valence-corrected chi connectivity index (χ2v) is 6.10. The molecule has 1 fully saturated rings. The molecule has 0 N–H and O–H groups in total. The van der Waals surface area contributed by atoms with E-state index in [9.17, 15) is 4.79 Å². The number of nitrogens with zero attached hydrogens (tertiary/aromatic N) is 6. The molecule has 3 aromatic heterocycles. The second-order valence-electron chi connectivity index (χ2n) is 6.10. The normalized spacial score (nSPS) is 18.2. The fraction of sp³-hybridized carbons (Fsp3) is 0.412. The number of carbonyl (C=O) groups is 1. The Morgan fingerprint density at radius 1 is 1.29 bits per heavy atom. The molecule has 4 heterocycles. The summed E-state index contributed by atoms with van der Waals surface area (Å²) in [6, 6.07) is 2.09. The summed E-state index contributed by atoms with van der Waals surface area (Å²) in [5, 5.41) is 4.22.